The number of benzene rings is 3. The highest BCUT2D eigenvalue weighted by Crippen LogP contribution is 2.22. The fourth-order valence-electron chi connectivity index (χ4n) is 5.21. The number of imide groups is 1. The van der Waals surface area contributed by atoms with Crippen molar-refractivity contribution in [2.45, 2.75) is 57.2 Å². The number of carboxylic acids is 2. The third-order valence-corrected chi connectivity index (χ3v) is 7.54. The quantitative estimate of drug-likeness (QED) is 0.209. The predicted molar refractivity (Wildman–Crippen MR) is 164 cm³/mol. The Hall–Kier alpha value is -5.52. The summed E-state index contributed by atoms with van der Waals surface area (Å²) in [5, 5.41) is 22.7. The molecule has 2 atom stereocenters. The van der Waals surface area contributed by atoms with Crippen LogP contribution in [0.1, 0.15) is 53.5 Å². The van der Waals surface area contributed by atoms with Crippen molar-refractivity contribution in [1.82, 2.24) is 15.5 Å². The third-order valence-electron chi connectivity index (χ3n) is 7.54. The maximum atomic E-state index is 12.9. The van der Waals surface area contributed by atoms with E-state index in [2.05, 4.69) is 22.8 Å². The van der Waals surface area contributed by atoms with E-state index in [0.29, 0.717) is 11.3 Å². The zero-order valence-electron chi connectivity index (χ0n) is 25.0. The summed E-state index contributed by atoms with van der Waals surface area (Å²) in [5.74, 6) is -5.11. The first kappa shape index (κ1) is 33.4. The van der Waals surface area contributed by atoms with Gasteiger partial charge in [-0.1, -0.05) is 78.9 Å². The van der Waals surface area contributed by atoms with Gasteiger partial charge >= 0.3 is 18.0 Å². The molecule has 12 nitrogen and oxygen atoms in total. The molecule has 3 aromatic carbocycles. The van der Waals surface area contributed by atoms with Crippen LogP contribution in [-0.2, 0) is 48.2 Å². The number of nitrogens with zero attached hydrogens (tertiary/aromatic N) is 1. The molecule has 240 valence electrons. The average Bonchev–Trinajstić information content (AvgIpc) is 3.44. The number of amides is 4. The van der Waals surface area contributed by atoms with Gasteiger partial charge < -0.3 is 25.6 Å². The number of carboxylic acid groups (broad SMARTS) is 2. The van der Waals surface area contributed by atoms with Crippen LogP contribution in [-0.4, -0.2) is 69.5 Å². The Balaban J connectivity index is 1.34. The SMILES string of the molecule is O=C(O)CC[C@H](NC(=O)[C@@H]1CCC(=O)N1C(=O)CNC(=O)OCc1ccc(Cc2ccccc2)c(Cc2ccccc2)c1)C(=O)O. The Morgan fingerprint density at radius 1 is 0.848 bits per heavy atom. The van der Waals surface area contributed by atoms with Crippen molar-refractivity contribution >= 4 is 35.8 Å². The number of carbonyl (C=O) groups is 6. The number of nitrogens with one attached hydrogen (secondary N) is 2. The van der Waals surface area contributed by atoms with Crippen LogP contribution in [0.5, 0.6) is 0 Å². The van der Waals surface area contributed by atoms with Crippen LogP contribution >= 0.6 is 0 Å². The Kier molecular flexibility index (Phi) is 11.6. The molecule has 0 unspecified atom stereocenters. The van der Waals surface area contributed by atoms with Gasteiger partial charge in [0.15, 0.2) is 0 Å². The number of carbonyl (C=O) groups excluding carboxylic acids is 4. The highest BCUT2D eigenvalue weighted by Gasteiger charge is 2.41. The lowest BCUT2D eigenvalue weighted by molar-refractivity contribution is -0.148. The third kappa shape index (κ3) is 9.49. The topological polar surface area (TPSA) is 179 Å². The number of hydrogen-bond acceptors (Lipinski definition) is 7. The molecule has 0 radical (unpaired) electrons. The summed E-state index contributed by atoms with van der Waals surface area (Å²) in [6.07, 6.45) is -0.532. The fraction of sp³-hybridized carbons (Fsp3) is 0.294. The van der Waals surface area contributed by atoms with Gasteiger partial charge in [-0.2, -0.15) is 0 Å². The van der Waals surface area contributed by atoms with Gasteiger partial charge in [0.05, 0.1) is 0 Å². The Morgan fingerprint density at radius 3 is 2.09 bits per heavy atom. The van der Waals surface area contributed by atoms with Gasteiger partial charge in [-0.3, -0.25) is 24.1 Å². The molecule has 4 amide bonds. The summed E-state index contributed by atoms with van der Waals surface area (Å²) in [6, 6.07) is 23.1. The summed E-state index contributed by atoms with van der Waals surface area (Å²) in [6.45, 7) is -0.709. The second-order valence-electron chi connectivity index (χ2n) is 10.9. The van der Waals surface area contributed by atoms with E-state index >= 15 is 0 Å². The van der Waals surface area contributed by atoms with E-state index < -0.39 is 60.8 Å². The van der Waals surface area contributed by atoms with Crippen LogP contribution < -0.4 is 10.6 Å². The van der Waals surface area contributed by atoms with Crippen molar-refractivity contribution in [3.8, 4) is 0 Å². The Bertz CT molecular complexity index is 1580. The van der Waals surface area contributed by atoms with E-state index in [0.717, 1.165) is 28.7 Å². The maximum Gasteiger partial charge on any atom is 0.407 e. The van der Waals surface area contributed by atoms with Gasteiger partial charge in [0.25, 0.3) is 0 Å². The molecule has 4 N–H and O–H groups in total. The number of likely N-dealkylation sites (tertiary alicyclic amines) is 1. The van der Waals surface area contributed by atoms with Gasteiger partial charge in [-0.25, -0.2) is 9.59 Å². The summed E-state index contributed by atoms with van der Waals surface area (Å²) in [7, 11) is 0. The van der Waals surface area contributed by atoms with Gasteiger partial charge in [-0.05, 0) is 53.5 Å². The lowest BCUT2D eigenvalue weighted by atomic mass is 9.93. The molecule has 46 heavy (non-hydrogen) atoms. The number of ether oxygens (including phenoxy) is 1. The normalized spacial score (nSPS) is 14.7. The van der Waals surface area contributed by atoms with E-state index in [4.69, 9.17) is 9.84 Å². The van der Waals surface area contributed by atoms with Crippen molar-refractivity contribution in [2.75, 3.05) is 6.54 Å². The smallest absolute Gasteiger partial charge is 0.407 e. The minimum absolute atomic E-state index is 0.0439. The van der Waals surface area contributed by atoms with Crippen molar-refractivity contribution in [1.29, 1.82) is 0 Å². The van der Waals surface area contributed by atoms with Crippen LogP contribution in [0.15, 0.2) is 78.9 Å². The Morgan fingerprint density at radius 2 is 1.48 bits per heavy atom. The second kappa shape index (κ2) is 16.0. The second-order valence-corrected chi connectivity index (χ2v) is 10.9. The molecular formula is C34H35N3O9. The van der Waals surface area contributed by atoms with Gasteiger partial charge in [0.2, 0.25) is 17.7 Å². The maximum absolute atomic E-state index is 12.9. The highest BCUT2D eigenvalue weighted by atomic mass is 16.5. The molecule has 12 heteroatoms. The van der Waals surface area contributed by atoms with E-state index in [1.807, 2.05) is 66.7 Å². The number of alkyl carbamates (subject to hydrolysis) is 1. The standard InChI is InChI=1S/C34H35N3O9/c38-29-15-14-28(32(42)36-27(33(43)44)13-16-31(40)41)37(29)30(39)20-35-34(45)46-21-24-11-12-25(17-22-7-3-1-4-8-22)26(19-24)18-23-9-5-2-6-10-23/h1-12,19,27-28H,13-18,20-21H2,(H,35,45)(H,36,42)(H,40,41)(H,43,44)/t27-,28-/m0/s1. The van der Waals surface area contributed by atoms with Crippen LogP contribution in [0.4, 0.5) is 4.79 Å². The lowest BCUT2D eigenvalue weighted by Crippen LogP contribution is -2.53. The zero-order chi connectivity index (χ0) is 33.1. The van der Waals surface area contributed by atoms with Crippen molar-refractivity contribution < 1.29 is 43.7 Å². The monoisotopic (exact) mass is 629 g/mol. The first-order valence-corrected chi connectivity index (χ1v) is 14.8. The van der Waals surface area contributed by atoms with Crippen molar-refractivity contribution in [3.05, 3.63) is 107 Å². The molecule has 0 aromatic heterocycles. The zero-order valence-corrected chi connectivity index (χ0v) is 25.0. The van der Waals surface area contributed by atoms with Crippen LogP contribution in [0.3, 0.4) is 0 Å². The van der Waals surface area contributed by atoms with E-state index in [9.17, 15) is 33.9 Å². The lowest BCUT2D eigenvalue weighted by Gasteiger charge is -2.24. The highest BCUT2D eigenvalue weighted by molar-refractivity contribution is 6.04. The number of hydrogen-bond donors (Lipinski definition) is 4. The molecule has 0 bridgehead atoms. The molecule has 0 spiro atoms. The van der Waals surface area contributed by atoms with Crippen molar-refractivity contribution in [3.63, 3.8) is 0 Å². The summed E-state index contributed by atoms with van der Waals surface area (Å²) in [5.41, 5.74) is 5.26. The first-order valence-electron chi connectivity index (χ1n) is 14.8. The average molecular weight is 630 g/mol. The summed E-state index contributed by atoms with van der Waals surface area (Å²) < 4.78 is 5.33. The molecular weight excluding hydrogens is 594 g/mol. The number of rotatable bonds is 14. The van der Waals surface area contributed by atoms with Crippen LogP contribution in [0.2, 0.25) is 0 Å². The van der Waals surface area contributed by atoms with Gasteiger partial charge in [0, 0.05) is 12.8 Å². The molecule has 0 aliphatic carbocycles. The van der Waals surface area contributed by atoms with Crippen LogP contribution in [0, 0.1) is 0 Å². The Labute approximate surface area is 265 Å². The molecule has 1 aliphatic rings. The van der Waals surface area contributed by atoms with E-state index in [-0.39, 0.29) is 25.9 Å². The minimum Gasteiger partial charge on any atom is -0.481 e. The molecule has 1 fully saturated rings. The van der Waals surface area contributed by atoms with Gasteiger partial charge in [-0.15, -0.1) is 0 Å². The predicted octanol–water partition coefficient (Wildman–Crippen LogP) is 3.05. The largest absolute Gasteiger partial charge is 0.481 e. The fourth-order valence-corrected chi connectivity index (χ4v) is 5.21. The molecule has 1 aliphatic heterocycles. The minimum atomic E-state index is -1.51. The summed E-state index contributed by atoms with van der Waals surface area (Å²) in [4.78, 5) is 73.5. The summed E-state index contributed by atoms with van der Waals surface area (Å²) >= 11 is 0. The van der Waals surface area contributed by atoms with Crippen LogP contribution in [0.25, 0.3) is 0 Å². The van der Waals surface area contributed by atoms with E-state index in [1.54, 1.807) is 0 Å². The molecule has 3 aromatic rings. The molecule has 0 saturated carbocycles. The molecule has 1 saturated heterocycles. The van der Waals surface area contributed by atoms with E-state index in [1.165, 1.54) is 5.56 Å². The number of aliphatic carboxylic acids is 2. The first-order chi connectivity index (χ1) is 22.1. The van der Waals surface area contributed by atoms with Gasteiger partial charge in [0.1, 0.15) is 25.2 Å². The van der Waals surface area contributed by atoms with Crippen molar-refractivity contribution in [2.24, 2.45) is 0 Å². The molecule has 1 heterocycles. The molecule has 4 rings (SSSR count).